The third-order valence-corrected chi connectivity index (χ3v) is 8.41. The quantitative estimate of drug-likeness (QED) is 0.123. The Morgan fingerprint density at radius 3 is 2.38 bits per heavy atom. The molecular weight excluding hydrogens is 538 g/mol. The summed E-state index contributed by atoms with van der Waals surface area (Å²) in [6.45, 7) is 20.5. The number of ketones is 1. The second-order valence-corrected chi connectivity index (χ2v) is 11.7. The van der Waals surface area contributed by atoms with Gasteiger partial charge in [0.25, 0.3) is 0 Å². The summed E-state index contributed by atoms with van der Waals surface area (Å²) in [4.78, 5) is 17.8. The molecule has 2 N–H and O–H groups in total. The van der Waals surface area contributed by atoms with Gasteiger partial charge in [0.1, 0.15) is 12.1 Å². The van der Waals surface area contributed by atoms with E-state index in [0.717, 1.165) is 38.0 Å². The molecule has 2 unspecified atom stereocenters. The number of anilines is 1. The van der Waals surface area contributed by atoms with E-state index >= 15 is 0 Å². The van der Waals surface area contributed by atoms with Gasteiger partial charge in [-0.05, 0) is 70.6 Å². The van der Waals surface area contributed by atoms with Crippen LogP contribution in [0.15, 0.2) is 65.8 Å². The van der Waals surface area contributed by atoms with Crippen LogP contribution in [0.5, 0.6) is 0 Å². The normalized spacial score (nSPS) is 20.1. The zero-order chi connectivity index (χ0) is 29.9. The lowest BCUT2D eigenvalue weighted by atomic mass is 9.91. The number of unbranched alkanes of at least 4 members (excludes halogenated alkanes) is 1. The molecule has 6 nitrogen and oxygen atoms in total. The van der Waals surface area contributed by atoms with Gasteiger partial charge in [0.15, 0.2) is 0 Å². The number of allylic oxidation sites excluding steroid dienone is 8. The molecule has 1 aromatic heterocycles. The van der Waals surface area contributed by atoms with Gasteiger partial charge in [-0.15, -0.1) is 11.6 Å². The minimum absolute atomic E-state index is 0.194. The Morgan fingerprint density at radius 2 is 1.85 bits per heavy atom. The fraction of sp³-hybridized carbons (Fsp3) is 0.594. The summed E-state index contributed by atoms with van der Waals surface area (Å²) in [5.74, 6) is 1.06. The van der Waals surface area contributed by atoms with Gasteiger partial charge in [-0.25, -0.2) is 4.98 Å². The van der Waals surface area contributed by atoms with Crippen LogP contribution in [0.1, 0.15) is 93.4 Å². The molecule has 1 aliphatic heterocycles. The van der Waals surface area contributed by atoms with Gasteiger partial charge in [-0.1, -0.05) is 76.8 Å². The summed E-state index contributed by atoms with van der Waals surface area (Å²) < 4.78 is 3.92. The van der Waals surface area contributed by atoms with Crippen LogP contribution in [0.2, 0.25) is 0 Å². The molecule has 8 heteroatoms. The molecule has 0 saturated carbocycles. The summed E-state index contributed by atoms with van der Waals surface area (Å²) in [7, 11) is 0. The van der Waals surface area contributed by atoms with Crippen molar-refractivity contribution < 1.29 is 4.79 Å². The summed E-state index contributed by atoms with van der Waals surface area (Å²) in [5, 5.41) is 0.892. The minimum atomic E-state index is 0.194. The molecule has 0 aromatic carbocycles. The molecule has 2 aliphatic rings. The number of Topliss-reactive ketones (excluding diaryl/α,β-unsaturated/α-hetero) is 1. The second kappa shape index (κ2) is 20.5. The number of aromatic nitrogens is 2. The molecule has 0 radical (unpaired) electrons. The number of hydrogen-bond acceptors (Lipinski definition) is 7. The predicted molar refractivity (Wildman–Crippen MR) is 174 cm³/mol. The van der Waals surface area contributed by atoms with E-state index in [-0.39, 0.29) is 11.3 Å². The van der Waals surface area contributed by atoms with Gasteiger partial charge in [0.2, 0.25) is 5.13 Å². The molecule has 0 spiro atoms. The molecule has 1 aliphatic carbocycles. The molecular formula is C32H52ClN5OS. The Morgan fingerprint density at radius 1 is 1.18 bits per heavy atom. The van der Waals surface area contributed by atoms with Gasteiger partial charge in [-0.3, -0.25) is 15.6 Å². The first-order valence-corrected chi connectivity index (χ1v) is 15.9. The maximum Gasteiger partial charge on any atom is 0.221 e. The third kappa shape index (κ3) is 13.3. The highest BCUT2D eigenvalue weighted by Crippen LogP contribution is 2.31. The van der Waals surface area contributed by atoms with E-state index in [2.05, 4.69) is 91.5 Å². The van der Waals surface area contributed by atoms with Crippen LogP contribution in [0.3, 0.4) is 0 Å². The number of nitrogens with zero attached hydrogens (tertiary/aromatic N) is 3. The Bertz CT molecular complexity index is 989. The first-order chi connectivity index (χ1) is 19.2. The number of carbonyl (C=O) groups excluding carboxylic acids is 1. The lowest BCUT2D eigenvalue weighted by Crippen LogP contribution is -2.34. The number of piperidine rings is 1. The molecule has 2 heterocycles. The van der Waals surface area contributed by atoms with Crippen LogP contribution in [-0.2, 0) is 4.79 Å². The number of alkyl halides is 1. The molecule has 0 amide bonds. The Hall–Kier alpha value is -2.38. The van der Waals surface area contributed by atoms with Gasteiger partial charge in [-0.2, -0.15) is 4.37 Å². The van der Waals surface area contributed by atoms with E-state index < -0.39 is 0 Å². The maximum absolute atomic E-state index is 11.4. The van der Waals surface area contributed by atoms with E-state index in [4.69, 9.17) is 11.6 Å². The van der Waals surface area contributed by atoms with Crippen LogP contribution in [0, 0.1) is 11.8 Å². The molecule has 1 saturated heterocycles. The Balaban J connectivity index is 0.000000395. The molecule has 3 rings (SSSR count). The molecule has 1 aromatic rings. The second-order valence-electron chi connectivity index (χ2n) is 10.4. The van der Waals surface area contributed by atoms with Crippen molar-refractivity contribution >= 4 is 34.0 Å². The molecule has 1 fully saturated rings. The molecule has 0 bridgehead atoms. The van der Waals surface area contributed by atoms with Crippen molar-refractivity contribution in [3.05, 3.63) is 65.8 Å². The van der Waals surface area contributed by atoms with Crippen LogP contribution in [-0.4, -0.2) is 38.5 Å². The monoisotopic (exact) mass is 589 g/mol. The summed E-state index contributed by atoms with van der Waals surface area (Å²) >= 11 is 7.52. The van der Waals surface area contributed by atoms with E-state index in [0.29, 0.717) is 16.8 Å². The summed E-state index contributed by atoms with van der Waals surface area (Å²) in [6, 6.07) is 0. The lowest BCUT2D eigenvalue weighted by Gasteiger charge is -2.33. The van der Waals surface area contributed by atoms with Crippen molar-refractivity contribution in [1.29, 1.82) is 0 Å². The fourth-order valence-corrected chi connectivity index (χ4v) is 5.07. The number of halogens is 1. The van der Waals surface area contributed by atoms with Gasteiger partial charge in [0, 0.05) is 36.2 Å². The third-order valence-electron chi connectivity index (χ3n) is 7.31. The first-order valence-electron chi connectivity index (χ1n) is 14.7. The minimum Gasteiger partial charge on any atom is -0.375 e. The molecule has 40 heavy (non-hydrogen) atoms. The molecule has 224 valence electrons. The van der Waals surface area contributed by atoms with Crippen molar-refractivity contribution in [3.8, 4) is 0 Å². The standard InChI is InChI=1S/C16H23N5OS.C12H19Cl.C4H10/c1-4-15(19-20-16-17-11-18-23-16)6-5-12(2)21-9-7-14(8-10-21)13(3)22;1-4-6-11-9(2)7-5-8-12(13)10(11)3;1-3-4-2/h4-6,11,14,19H,1,7-10H2,2-3H3,(H,17,18,20);5,8,10,12H,4,6-7H2,1-3H3;3-4H2,1-2H3/b12-5+,15-6+;;. The number of nitrogens with one attached hydrogen (secondary N) is 2. The van der Waals surface area contributed by atoms with Crippen molar-refractivity contribution in [2.75, 3.05) is 18.5 Å². The van der Waals surface area contributed by atoms with Crippen LogP contribution in [0.25, 0.3) is 0 Å². The Kier molecular flexibility index (Phi) is 18.3. The van der Waals surface area contributed by atoms with E-state index in [1.54, 1.807) is 18.6 Å². The van der Waals surface area contributed by atoms with Crippen molar-refractivity contribution in [1.82, 2.24) is 19.7 Å². The molecule has 2 atom stereocenters. The van der Waals surface area contributed by atoms with Gasteiger partial charge < -0.3 is 4.90 Å². The lowest BCUT2D eigenvalue weighted by molar-refractivity contribution is -0.121. The smallest absolute Gasteiger partial charge is 0.221 e. The van der Waals surface area contributed by atoms with E-state index in [9.17, 15) is 4.79 Å². The number of hydrogen-bond donors (Lipinski definition) is 2. The van der Waals surface area contributed by atoms with Crippen molar-refractivity contribution in [2.45, 2.75) is 98.8 Å². The highest BCUT2D eigenvalue weighted by molar-refractivity contribution is 7.09. The van der Waals surface area contributed by atoms with Crippen LogP contribution < -0.4 is 10.9 Å². The highest BCUT2D eigenvalue weighted by Gasteiger charge is 2.22. The number of carbonyl (C=O) groups is 1. The van der Waals surface area contributed by atoms with Crippen LogP contribution >= 0.6 is 23.1 Å². The van der Waals surface area contributed by atoms with Crippen molar-refractivity contribution in [3.63, 3.8) is 0 Å². The largest absolute Gasteiger partial charge is 0.375 e. The van der Waals surface area contributed by atoms with Crippen molar-refractivity contribution in [2.24, 2.45) is 11.8 Å². The zero-order valence-electron chi connectivity index (χ0n) is 25.8. The zero-order valence-corrected chi connectivity index (χ0v) is 27.4. The van der Waals surface area contributed by atoms with Crippen LogP contribution in [0.4, 0.5) is 5.13 Å². The van der Waals surface area contributed by atoms with Gasteiger partial charge in [0.05, 0.1) is 11.1 Å². The first kappa shape index (κ1) is 35.6. The fourth-order valence-electron chi connectivity index (χ4n) is 4.43. The van der Waals surface area contributed by atoms with Gasteiger partial charge >= 0.3 is 0 Å². The van der Waals surface area contributed by atoms with E-state index in [1.807, 2.05) is 6.08 Å². The SMILES string of the molecule is C=C/C(=C\C=C(/C)N1CCC(C(C)=O)CC1)NNc1ncns1.CCCC.CCCC1=C(C)CC=CC(Cl)C1C. The average molecular weight is 590 g/mol. The summed E-state index contributed by atoms with van der Waals surface area (Å²) in [6.07, 6.45) is 19.6. The maximum atomic E-state index is 11.4. The number of likely N-dealkylation sites (tertiary alicyclic amines) is 1. The predicted octanol–water partition coefficient (Wildman–Crippen LogP) is 8.84. The number of hydrazine groups is 1. The average Bonchev–Trinajstić information content (AvgIpc) is 3.45. The summed E-state index contributed by atoms with van der Waals surface area (Å²) in [5.41, 5.74) is 11.1. The Labute approximate surface area is 252 Å². The number of rotatable bonds is 10. The topological polar surface area (TPSA) is 70.2 Å². The van der Waals surface area contributed by atoms with E-state index in [1.165, 1.54) is 54.8 Å². The highest BCUT2D eigenvalue weighted by atomic mass is 35.5.